The van der Waals surface area contributed by atoms with Crippen molar-refractivity contribution in [3.8, 4) is 0 Å². The van der Waals surface area contributed by atoms with E-state index in [-0.39, 0.29) is 0 Å². The first-order valence-electron chi connectivity index (χ1n) is 3.46. The molecule has 11 heavy (non-hydrogen) atoms. The fourth-order valence-electron chi connectivity index (χ4n) is 0.823. The molecule has 0 bridgehead atoms. The molecule has 1 nitrogen and oxygen atoms in total. The lowest BCUT2D eigenvalue weighted by Crippen LogP contribution is -2.08. The molecular weight excluding hydrogens is 143 g/mol. The third kappa shape index (κ3) is 2.22. The van der Waals surface area contributed by atoms with Crippen molar-refractivity contribution in [2.75, 3.05) is 7.11 Å². The van der Waals surface area contributed by atoms with E-state index in [1.165, 1.54) is 19.1 Å². The zero-order chi connectivity index (χ0) is 8.32. The largest absolute Gasteiger partial charge is 0.497 e. The van der Waals surface area contributed by atoms with Crippen LogP contribution < -0.4 is 0 Å². The van der Waals surface area contributed by atoms with Gasteiger partial charge >= 0.3 is 0 Å². The van der Waals surface area contributed by atoms with Crippen LogP contribution in [-0.2, 0) is 4.74 Å². The van der Waals surface area contributed by atoms with Crippen LogP contribution >= 0.6 is 0 Å². The van der Waals surface area contributed by atoms with E-state index in [2.05, 4.69) is 0 Å². The molecule has 0 spiro atoms. The van der Waals surface area contributed by atoms with E-state index >= 15 is 0 Å². The first kappa shape index (κ1) is 8.05. The molecule has 0 aromatic heterocycles. The SMILES string of the molecule is COC1=CC=CC(C)(F)C=C1. The molecule has 60 valence electrons. The van der Waals surface area contributed by atoms with Crippen molar-refractivity contribution in [1.82, 2.24) is 0 Å². The van der Waals surface area contributed by atoms with Crippen molar-refractivity contribution in [2.45, 2.75) is 12.6 Å². The van der Waals surface area contributed by atoms with Crippen LogP contribution in [0.5, 0.6) is 0 Å². The summed E-state index contributed by atoms with van der Waals surface area (Å²) in [6.45, 7) is 1.49. The third-order valence-electron chi connectivity index (χ3n) is 1.49. The Morgan fingerprint density at radius 2 is 2.18 bits per heavy atom. The maximum Gasteiger partial charge on any atom is 0.145 e. The number of allylic oxidation sites excluding steroid dienone is 5. The predicted molar refractivity (Wildman–Crippen MR) is 42.9 cm³/mol. The Kier molecular flexibility index (Phi) is 2.13. The number of hydrogen-bond donors (Lipinski definition) is 0. The number of alkyl halides is 1. The number of ether oxygens (including phenoxy) is 1. The summed E-state index contributed by atoms with van der Waals surface area (Å²) in [7, 11) is 1.56. The standard InChI is InChI=1S/C9H11FO/c1-9(10)6-3-4-8(11-2)5-7-9/h3-7H,1-2H3. The van der Waals surface area contributed by atoms with Gasteiger partial charge in [-0.25, -0.2) is 4.39 Å². The number of hydrogen-bond acceptors (Lipinski definition) is 1. The molecule has 0 saturated heterocycles. The maximum absolute atomic E-state index is 13.2. The molecule has 0 aliphatic heterocycles. The Morgan fingerprint density at radius 3 is 2.82 bits per heavy atom. The van der Waals surface area contributed by atoms with Gasteiger partial charge in [0.2, 0.25) is 0 Å². The number of rotatable bonds is 1. The number of methoxy groups -OCH3 is 1. The van der Waals surface area contributed by atoms with Gasteiger partial charge in [-0.15, -0.1) is 0 Å². The molecule has 1 atom stereocenters. The molecule has 0 radical (unpaired) electrons. The smallest absolute Gasteiger partial charge is 0.145 e. The lowest BCUT2D eigenvalue weighted by molar-refractivity contribution is 0.303. The fourth-order valence-corrected chi connectivity index (χ4v) is 0.823. The Balaban J connectivity index is 2.83. The number of halogens is 1. The highest BCUT2D eigenvalue weighted by atomic mass is 19.1. The second kappa shape index (κ2) is 2.91. The second-order valence-electron chi connectivity index (χ2n) is 2.62. The van der Waals surface area contributed by atoms with Crippen molar-refractivity contribution >= 4 is 0 Å². The molecule has 0 aromatic rings. The summed E-state index contributed by atoms with van der Waals surface area (Å²) in [5, 5.41) is 0. The van der Waals surface area contributed by atoms with Crippen LogP contribution in [0.3, 0.4) is 0 Å². The minimum atomic E-state index is -1.35. The van der Waals surface area contributed by atoms with Crippen molar-refractivity contribution in [2.24, 2.45) is 0 Å². The Bertz CT molecular complexity index is 224. The van der Waals surface area contributed by atoms with Crippen LogP contribution in [0.4, 0.5) is 4.39 Å². The van der Waals surface area contributed by atoms with Gasteiger partial charge in [0.05, 0.1) is 7.11 Å². The summed E-state index contributed by atoms with van der Waals surface area (Å²) < 4.78 is 18.1. The van der Waals surface area contributed by atoms with Crippen LogP contribution in [0.15, 0.2) is 36.1 Å². The molecule has 0 saturated carbocycles. The van der Waals surface area contributed by atoms with Crippen LogP contribution in [-0.4, -0.2) is 12.8 Å². The van der Waals surface area contributed by atoms with E-state index in [4.69, 9.17) is 4.74 Å². The molecule has 0 heterocycles. The zero-order valence-corrected chi connectivity index (χ0v) is 6.67. The maximum atomic E-state index is 13.2. The Hall–Kier alpha value is -1.05. The van der Waals surface area contributed by atoms with E-state index in [0.717, 1.165) is 0 Å². The molecule has 1 unspecified atom stereocenters. The zero-order valence-electron chi connectivity index (χ0n) is 6.67. The highest BCUT2D eigenvalue weighted by molar-refractivity contribution is 5.28. The molecule has 0 N–H and O–H groups in total. The molecule has 2 heteroatoms. The third-order valence-corrected chi connectivity index (χ3v) is 1.49. The van der Waals surface area contributed by atoms with Gasteiger partial charge in [-0.1, -0.05) is 6.08 Å². The van der Waals surface area contributed by atoms with Gasteiger partial charge in [0.15, 0.2) is 0 Å². The van der Waals surface area contributed by atoms with Gasteiger partial charge in [-0.2, -0.15) is 0 Å². The lowest BCUT2D eigenvalue weighted by Gasteiger charge is -2.07. The molecule has 0 fully saturated rings. The summed E-state index contributed by atoms with van der Waals surface area (Å²) in [5.41, 5.74) is -1.35. The fraction of sp³-hybridized carbons (Fsp3) is 0.333. The van der Waals surface area contributed by atoms with Gasteiger partial charge in [0, 0.05) is 0 Å². The highest BCUT2D eigenvalue weighted by Gasteiger charge is 2.15. The summed E-state index contributed by atoms with van der Waals surface area (Å²) in [4.78, 5) is 0. The van der Waals surface area contributed by atoms with Crippen LogP contribution in [0.25, 0.3) is 0 Å². The van der Waals surface area contributed by atoms with E-state index in [0.29, 0.717) is 5.76 Å². The predicted octanol–water partition coefficient (Wildman–Crippen LogP) is 2.37. The van der Waals surface area contributed by atoms with Gasteiger partial charge in [-0.3, -0.25) is 0 Å². The highest BCUT2D eigenvalue weighted by Crippen LogP contribution is 2.18. The summed E-state index contributed by atoms with van der Waals surface area (Å²) in [6.07, 6.45) is 7.95. The summed E-state index contributed by atoms with van der Waals surface area (Å²) in [6, 6.07) is 0. The molecule has 0 aromatic carbocycles. The minimum Gasteiger partial charge on any atom is -0.497 e. The average molecular weight is 154 g/mol. The van der Waals surface area contributed by atoms with E-state index < -0.39 is 5.67 Å². The van der Waals surface area contributed by atoms with Gasteiger partial charge in [0.1, 0.15) is 11.4 Å². The van der Waals surface area contributed by atoms with E-state index in [9.17, 15) is 4.39 Å². The monoisotopic (exact) mass is 154 g/mol. The van der Waals surface area contributed by atoms with Crippen molar-refractivity contribution in [3.63, 3.8) is 0 Å². The van der Waals surface area contributed by atoms with Crippen LogP contribution in [0, 0.1) is 0 Å². The van der Waals surface area contributed by atoms with Gasteiger partial charge in [-0.05, 0) is 31.2 Å². The lowest BCUT2D eigenvalue weighted by atomic mass is 10.1. The second-order valence-corrected chi connectivity index (χ2v) is 2.62. The van der Waals surface area contributed by atoms with E-state index in [1.807, 2.05) is 0 Å². The molecular formula is C9H11FO. The molecule has 1 rings (SSSR count). The van der Waals surface area contributed by atoms with Crippen molar-refractivity contribution in [3.05, 3.63) is 36.1 Å². The molecule has 0 amide bonds. The average Bonchev–Trinajstić information content (AvgIpc) is 2.10. The topological polar surface area (TPSA) is 9.23 Å². The summed E-state index contributed by atoms with van der Waals surface area (Å²) >= 11 is 0. The minimum absolute atomic E-state index is 0.669. The van der Waals surface area contributed by atoms with Crippen LogP contribution in [0.1, 0.15) is 6.92 Å². The Morgan fingerprint density at radius 1 is 1.45 bits per heavy atom. The Labute approximate surface area is 65.9 Å². The van der Waals surface area contributed by atoms with Crippen molar-refractivity contribution < 1.29 is 9.13 Å². The van der Waals surface area contributed by atoms with Gasteiger partial charge < -0.3 is 4.74 Å². The quantitative estimate of drug-likeness (QED) is 0.563. The first-order valence-corrected chi connectivity index (χ1v) is 3.46. The normalized spacial score (nSPS) is 29.5. The summed E-state index contributed by atoms with van der Waals surface area (Å²) in [5.74, 6) is 0.669. The first-order chi connectivity index (χ1) is 5.14. The van der Waals surface area contributed by atoms with Crippen molar-refractivity contribution in [1.29, 1.82) is 0 Å². The van der Waals surface area contributed by atoms with E-state index in [1.54, 1.807) is 25.3 Å². The van der Waals surface area contributed by atoms with Gasteiger partial charge in [0.25, 0.3) is 0 Å². The molecule has 1 aliphatic rings. The molecule has 1 aliphatic carbocycles. The van der Waals surface area contributed by atoms with Crippen LogP contribution in [0.2, 0.25) is 0 Å².